The first kappa shape index (κ1) is 16.8. The summed E-state index contributed by atoms with van der Waals surface area (Å²) in [5.74, 6) is -3.20. The number of sulfonamides is 1. The lowest BCUT2D eigenvalue weighted by Crippen LogP contribution is -2.28. The van der Waals surface area contributed by atoms with Gasteiger partial charge in [0, 0.05) is 6.54 Å². The van der Waals surface area contributed by atoms with Crippen molar-refractivity contribution in [2.75, 3.05) is 26.2 Å². The molecule has 1 rings (SSSR count). The monoisotopic (exact) mass is 308 g/mol. The Labute approximate surface area is 117 Å². The van der Waals surface area contributed by atoms with E-state index in [1.54, 1.807) is 0 Å². The van der Waals surface area contributed by atoms with E-state index in [0.717, 1.165) is 25.2 Å². The summed E-state index contributed by atoms with van der Waals surface area (Å²) in [6, 6.07) is 1.95. The molecule has 20 heavy (non-hydrogen) atoms. The Morgan fingerprint density at radius 3 is 2.30 bits per heavy atom. The molecule has 0 fully saturated rings. The average Bonchev–Trinajstić information content (AvgIpc) is 2.38. The minimum Gasteiger partial charge on any atom is -0.489 e. The molecule has 0 unspecified atom stereocenters. The first-order chi connectivity index (χ1) is 9.31. The van der Waals surface area contributed by atoms with Crippen molar-refractivity contribution in [1.82, 2.24) is 4.90 Å². The zero-order valence-corrected chi connectivity index (χ0v) is 12.2. The van der Waals surface area contributed by atoms with E-state index in [-0.39, 0.29) is 12.4 Å². The van der Waals surface area contributed by atoms with Gasteiger partial charge in [0.1, 0.15) is 11.5 Å². The lowest BCUT2D eigenvalue weighted by atomic mass is 10.3. The number of benzene rings is 1. The average molecular weight is 308 g/mol. The summed E-state index contributed by atoms with van der Waals surface area (Å²) in [7, 11) is -4.29. The fraction of sp³-hybridized carbons (Fsp3) is 0.500. The van der Waals surface area contributed by atoms with Gasteiger partial charge in [-0.15, -0.1) is 0 Å². The number of hydrogen-bond donors (Lipinski definition) is 1. The minimum atomic E-state index is -4.29. The lowest BCUT2D eigenvalue weighted by Gasteiger charge is -2.18. The summed E-state index contributed by atoms with van der Waals surface area (Å²) < 4.78 is 54.4. The second-order valence-electron chi connectivity index (χ2n) is 4.11. The van der Waals surface area contributed by atoms with Crippen LogP contribution in [0.1, 0.15) is 13.8 Å². The molecule has 114 valence electrons. The second-order valence-corrected chi connectivity index (χ2v) is 5.64. The van der Waals surface area contributed by atoms with E-state index >= 15 is 0 Å². The number of halogens is 2. The molecule has 0 spiro atoms. The largest absolute Gasteiger partial charge is 0.489 e. The highest BCUT2D eigenvalue weighted by Crippen LogP contribution is 2.24. The molecule has 0 saturated heterocycles. The normalized spacial score (nSPS) is 11.9. The zero-order chi connectivity index (χ0) is 15.3. The molecule has 5 nitrogen and oxygen atoms in total. The Morgan fingerprint density at radius 2 is 1.80 bits per heavy atom. The summed E-state index contributed by atoms with van der Waals surface area (Å²) in [6.45, 7) is 6.33. The molecule has 0 saturated carbocycles. The molecule has 0 atom stereocenters. The molecule has 0 aliphatic heterocycles. The van der Waals surface area contributed by atoms with Crippen molar-refractivity contribution in [2.24, 2.45) is 5.14 Å². The standard InChI is InChI=1S/C12H18F2N2O3S/c1-3-16(4-2)7-8-19-9-5-6-10(20(15,17)18)12(14)11(9)13/h5-6H,3-4,7-8H2,1-2H3,(H2,15,17,18). The van der Waals surface area contributed by atoms with Crippen LogP contribution in [0.25, 0.3) is 0 Å². The minimum absolute atomic E-state index is 0.173. The fourth-order valence-corrected chi connectivity index (χ4v) is 2.27. The van der Waals surface area contributed by atoms with Gasteiger partial charge in [0.25, 0.3) is 0 Å². The third-order valence-electron chi connectivity index (χ3n) is 2.88. The van der Waals surface area contributed by atoms with Gasteiger partial charge < -0.3 is 9.64 Å². The molecule has 2 N–H and O–H groups in total. The van der Waals surface area contributed by atoms with E-state index < -0.39 is 26.6 Å². The first-order valence-corrected chi connectivity index (χ1v) is 7.71. The SMILES string of the molecule is CCN(CC)CCOc1ccc(S(N)(=O)=O)c(F)c1F. The number of nitrogens with zero attached hydrogens (tertiary/aromatic N) is 1. The number of nitrogens with two attached hydrogens (primary N) is 1. The first-order valence-electron chi connectivity index (χ1n) is 6.17. The molecule has 0 aromatic heterocycles. The maximum Gasteiger partial charge on any atom is 0.241 e. The molecular formula is C12H18F2N2O3S. The molecule has 0 amide bonds. The summed E-state index contributed by atoms with van der Waals surface area (Å²) in [6.07, 6.45) is 0. The molecule has 0 aliphatic rings. The van der Waals surface area contributed by atoms with E-state index in [4.69, 9.17) is 9.88 Å². The molecule has 0 radical (unpaired) electrons. The number of primary sulfonamides is 1. The van der Waals surface area contributed by atoms with Gasteiger partial charge in [-0.05, 0) is 25.2 Å². The van der Waals surface area contributed by atoms with Gasteiger partial charge in [-0.1, -0.05) is 13.8 Å². The van der Waals surface area contributed by atoms with E-state index in [1.807, 2.05) is 18.7 Å². The quantitative estimate of drug-likeness (QED) is 0.825. The third-order valence-corrected chi connectivity index (χ3v) is 3.81. The number of likely N-dealkylation sites (N-methyl/N-ethyl adjacent to an activating group) is 1. The van der Waals surface area contributed by atoms with Crippen LogP contribution in [-0.4, -0.2) is 39.6 Å². The van der Waals surface area contributed by atoms with E-state index in [0.29, 0.717) is 6.54 Å². The van der Waals surface area contributed by atoms with Crippen LogP contribution in [0.15, 0.2) is 17.0 Å². The van der Waals surface area contributed by atoms with Gasteiger partial charge in [0.05, 0.1) is 0 Å². The van der Waals surface area contributed by atoms with Gasteiger partial charge in [0.2, 0.25) is 15.8 Å². The molecular weight excluding hydrogens is 290 g/mol. The molecule has 0 bridgehead atoms. The highest BCUT2D eigenvalue weighted by atomic mass is 32.2. The van der Waals surface area contributed by atoms with Crippen molar-refractivity contribution in [2.45, 2.75) is 18.7 Å². The van der Waals surface area contributed by atoms with Gasteiger partial charge >= 0.3 is 0 Å². The highest BCUT2D eigenvalue weighted by molar-refractivity contribution is 7.89. The van der Waals surface area contributed by atoms with Crippen molar-refractivity contribution in [3.8, 4) is 5.75 Å². The Kier molecular flexibility index (Phi) is 5.85. The smallest absolute Gasteiger partial charge is 0.241 e. The summed E-state index contributed by atoms with van der Waals surface area (Å²) in [5.41, 5.74) is 0. The van der Waals surface area contributed by atoms with E-state index in [1.165, 1.54) is 0 Å². The van der Waals surface area contributed by atoms with Gasteiger partial charge in [-0.25, -0.2) is 17.9 Å². The van der Waals surface area contributed by atoms with Crippen LogP contribution in [0.5, 0.6) is 5.75 Å². The van der Waals surface area contributed by atoms with Gasteiger partial charge in [-0.3, -0.25) is 0 Å². The Morgan fingerprint density at radius 1 is 1.20 bits per heavy atom. The van der Waals surface area contributed by atoms with Crippen LogP contribution in [-0.2, 0) is 10.0 Å². The third kappa shape index (κ3) is 4.12. The molecule has 0 heterocycles. The maximum atomic E-state index is 13.6. The Balaban J connectivity index is 2.81. The fourth-order valence-electron chi connectivity index (χ4n) is 1.67. The van der Waals surface area contributed by atoms with Gasteiger partial charge in [0.15, 0.2) is 11.6 Å². The van der Waals surface area contributed by atoms with Crippen LogP contribution >= 0.6 is 0 Å². The molecule has 0 aliphatic carbocycles. The van der Waals surface area contributed by atoms with Crippen molar-refractivity contribution in [3.05, 3.63) is 23.8 Å². The maximum absolute atomic E-state index is 13.6. The van der Waals surface area contributed by atoms with Crippen LogP contribution in [0.2, 0.25) is 0 Å². The van der Waals surface area contributed by atoms with Crippen LogP contribution in [0, 0.1) is 11.6 Å². The van der Waals surface area contributed by atoms with Crippen molar-refractivity contribution in [1.29, 1.82) is 0 Å². The number of rotatable bonds is 7. The van der Waals surface area contributed by atoms with E-state index in [2.05, 4.69) is 0 Å². The Hall–Kier alpha value is -1.25. The lowest BCUT2D eigenvalue weighted by molar-refractivity contribution is 0.215. The number of hydrogen-bond acceptors (Lipinski definition) is 4. The summed E-state index contributed by atoms with van der Waals surface area (Å²) >= 11 is 0. The molecule has 1 aromatic rings. The van der Waals surface area contributed by atoms with Crippen LogP contribution < -0.4 is 9.88 Å². The van der Waals surface area contributed by atoms with Crippen molar-refractivity contribution < 1.29 is 21.9 Å². The van der Waals surface area contributed by atoms with Crippen molar-refractivity contribution in [3.63, 3.8) is 0 Å². The summed E-state index contributed by atoms with van der Waals surface area (Å²) in [4.78, 5) is 1.17. The topological polar surface area (TPSA) is 72.6 Å². The predicted molar refractivity (Wildman–Crippen MR) is 71.0 cm³/mol. The highest BCUT2D eigenvalue weighted by Gasteiger charge is 2.21. The number of ether oxygens (including phenoxy) is 1. The second kappa shape index (κ2) is 6.96. The zero-order valence-electron chi connectivity index (χ0n) is 11.4. The van der Waals surface area contributed by atoms with E-state index in [9.17, 15) is 17.2 Å². The van der Waals surface area contributed by atoms with Crippen LogP contribution in [0.3, 0.4) is 0 Å². The summed E-state index contributed by atoms with van der Waals surface area (Å²) in [5, 5.41) is 4.77. The predicted octanol–water partition coefficient (Wildman–Crippen LogP) is 1.33. The van der Waals surface area contributed by atoms with Crippen molar-refractivity contribution >= 4 is 10.0 Å². The van der Waals surface area contributed by atoms with Crippen LogP contribution in [0.4, 0.5) is 8.78 Å². The Bertz CT molecular complexity index is 560. The molecule has 8 heteroatoms. The van der Waals surface area contributed by atoms with Gasteiger partial charge in [-0.2, -0.15) is 4.39 Å². The molecule has 1 aromatic carbocycles.